The smallest absolute Gasteiger partial charge is 0.228 e. The standard InChI is InChI=1S/C16H14N2O2S/c17-8-12-9-3-1-5-14(9)21-16(12)18-15(19)11-7-10(11)13-4-2-6-20-13/h2,4,6,10-11H,1,3,5,7H2,(H,18,19)/t10-,11-/m1/s1. The van der Waals surface area contributed by atoms with E-state index in [9.17, 15) is 10.1 Å². The SMILES string of the molecule is N#Cc1c(NC(=O)[C@@H]2C[C@H]2c2ccco2)sc2c1CCC2. The van der Waals surface area contributed by atoms with Crippen molar-refractivity contribution in [3.05, 3.63) is 40.2 Å². The number of furan rings is 1. The number of hydrogen-bond acceptors (Lipinski definition) is 4. The van der Waals surface area contributed by atoms with Crippen LogP contribution in [0.1, 0.15) is 40.5 Å². The monoisotopic (exact) mass is 298 g/mol. The van der Waals surface area contributed by atoms with Crippen molar-refractivity contribution < 1.29 is 9.21 Å². The van der Waals surface area contributed by atoms with Crippen molar-refractivity contribution in [1.82, 2.24) is 0 Å². The molecule has 2 atom stereocenters. The molecule has 4 nitrogen and oxygen atoms in total. The maximum Gasteiger partial charge on any atom is 0.228 e. The lowest BCUT2D eigenvalue weighted by atomic mass is 10.1. The number of aryl methyl sites for hydroxylation is 1. The number of nitrogens with zero attached hydrogens (tertiary/aromatic N) is 1. The van der Waals surface area contributed by atoms with Crippen LogP contribution in [0, 0.1) is 17.2 Å². The molecule has 1 fully saturated rings. The summed E-state index contributed by atoms with van der Waals surface area (Å²) in [4.78, 5) is 13.6. The number of carbonyl (C=O) groups is 1. The number of hydrogen-bond donors (Lipinski definition) is 1. The Labute approximate surface area is 126 Å². The molecule has 0 aliphatic heterocycles. The predicted octanol–water partition coefficient (Wildman–Crippen LogP) is 3.44. The number of amides is 1. The summed E-state index contributed by atoms with van der Waals surface area (Å²) >= 11 is 1.57. The van der Waals surface area contributed by atoms with Gasteiger partial charge in [-0.25, -0.2) is 0 Å². The third kappa shape index (κ3) is 2.07. The molecule has 5 heteroatoms. The van der Waals surface area contributed by atoms with Crippen molar-refractivity contribution in [1.29, 1.82) is 5.26 Å². The minimum Gasteiger partial charge on any atom is -0.469 e. The fraction of sp³-hybridized carbons (Fsp3) is 0.375. The first-order valence-electron chi connectivity index (χ1n) is 7.17. The first-order chi connectivity index (χ1) is 10.3. The van der Waals surface area contributed by atoms with Gasteiger partial charge in [-0.1, -0.05) is 0 Å². The van der Waals surface area contributed by atoms with E-state index in [1.807, 2.05) is 12.1 Å². The largest absolute Gasteiger partial charge is 0.469 e. The molecule has 1 amide bonds. The van der Waals surface area contributed by atoms with E-state index in [2.05, 4.69) is 11.4 Å². The normalized spacial score (nSPS) is 22.6. The first-order valence-corrected chi connectivity index (χ1v) is 7.98. The van der Waals surface area contributed by atoms with E-state index in [4.69, 9.17) is 4.42 Å². The quantitative estimate of drug-likeness (QED) is 0.944. The Balaban J connectivity index is 1.50. The van der Waals surface area contributed by atoms with Gasteiger partial charge in [-0.15, -0.1) is 11.3 Å². The van der Waals surface area contributed by atoms with Gasteiger partial charge in [0.1, 0.15) is 16.8 Å². The second kappa shape index (κ2) is 4.74. The van der Waals surface area contributed by atoms with Crippen LogP contribution in [0.4, 0.5) is 5.00 Å². The zero-order valence-electron chi connectivity index (χ0n) is 11.4. The zero-order valence-corrected chi connectivity index (χ0v) is 12.2. The fourth-order valence-electron chi connectivity index (χ4n) is 3.12. The Morgan fingerprint density at radius 1 is 1.48 bits per heavy atom. The lowest BCUT2D eigenvalue weighted by molar-refractivity contribution is -0.117. The minimum absolute atomic E-state index is 0.00724. The molecule has 0 saturated heterocycles. The molecule has 0 unspecified atom stereocenters. The Hall–Kier alpha value is -2.06. The van der Waals surface area contributed by atoms with Crippen molar-refractivity contribution in [2.45, 2.75) is 31.6 Å². The first kappa shape index (κ1) is 12.7. The van der Waals surface area contributed by atoms with E-state index >= 15 is 0 Å². The number of thiophene rings is 1. The van der Waals surface area contributed by atoms with Crippen LogP contribution in [-0.4, -0.2) is 5.91 Å². The molecule has 2 aliphatic carbocycles. The summed E-state index contributed by atoms with van der Waals surface area (Å²) in [6, 6.07) is 6.02. The Bertz CT molecular complexity index is 739. The molecule has 106 valence electrons. The van der Waals surface area contributed by atoms with E-state index in [0.29, 0.717) is 5.56 Å². The third-order valence-corrected chi connectivity index (χ3v) is 5.51. The molecular formula is C16H14N2O2S. The molecule has 0 bridgehead atoms. The molecule has 2 heterocycles. The highest BCUT2D eigenvalue weighted by molar-refractivity contribution is 7.16. The van der Waals surface area contributed by atoms with Gasteiger partial charge in [0.15, 0.2) is 0 Å². The van der Waals surface area contributed by atoms with Gasteiger partial charge in [-0.2, -0.15) is 5.26 Å². The van der Waals surface area contributed by atoms with Gasteiger partial charge in [-0.3, -0.25) is 4.79 Å². The van der Waals surface area contributed by atoms with Crippen LogP contribution in [-0.2, 0) is 17.6 Å². The van der Waals surface area contributed by atoms with Crippen molar-refractivity contribution in [3.8, 4) is 6.07 Å². The molecule has 2 aliphatic rings. The topological polar surface area (TPSA) is 66.0 Å². The number of rotatable bonds is 3. The number of nitrogens with one attached hydrogen (secondary N) is 1. The molecule has 1 N–H and O–H groups in total. The van der Waals surface area contributed by atoms with E-state index in [-0.39, 0.29) is 17.7 Å². The van der Waals surface area contributed by atoms with E-state index in [1.165, 1.54) is 4.88 Å². The van der Waals surface area contributed by atoms with Crippen molar-refractivity contribution in [3.63, 3.8) is 0 Å². The predicted molar refractivity (Wildman–Crippen MR) is 79.2 cm³/mol. The van der Waals surface area contributed by atoms with E-state index in [0.717, 1.165) is 42.0 Å². The van der Waals surface area contributed by atoms with Crippen LogP contribution in [0.25, 0.3) is 0 Å². The molecule has 1 saturated carbocycles. The maximum absolute atomic E-state index is 12.3. The summed E-state index contributed by atoms with van der Waals surface area (Å²) in [7, 11) is 0. The second-order valence-electron chi connectivity index (χ2n) is 5.63. The molecule has 21 heavy (non-hydrogen) atoms. The number of fused-ring (bicyclic) bond motifs is 1. The van der Waals surface area contributed by atoms with Crippen molar-refractivity contribution >= 4 is 22.2 Å². The van der Waals surface area contributed by atoms with Gasteiger partial charge in [0.25, 0.3) is 0 Å². The highest BCUT2D eigenvalue weighted by Gasteiger charge is 2.46. The lowest BCUT2D eigenvalue weighted by Crippen LogP contribution is -2.14. The summed E-state index contributed by atoms with van der Waals surface area (Å²) in [5.41, 5.74) is 1.83. The Kier molecular flexibility index (Phi) is 2.86. The van der Waals surface area contributed by atoms with Gasteiger partial charge >= 0.3 is 0 Å². The van der Waals surface area contributed by atoms with E-state index in [1.54, 1.807) is 17.6 Å². The van der Waals surface area contributed by atoms with Crippen LogP contribution in [0.5, 0.6) is 0 Å². The Morgan fingerprint density at radius 2 is 2.38 bits per heavy atom. The highest BCUT2D eigenvalue weighted by Crippen LogP contribution is 2.48. The van der Waals surface area contributed by atoms with Gasteiger partial charge in [0.2, 0.25) is 5.91 Å². The molecule has 4 rings (SSSR count). The third-order valence-electron chi connectivity index (χ3n) is 4.31. The van der Waals surface area contributed by atoms with Crippen LogP contribution >= 0.6 is 11.3 Å². The summed E-state index contributed by atoms with van der Waals surface area (Å²) < 4.78 is 5.35. The minimum atomic E-state index is -0.0281. The highest BCUT2D eigenvalue weighted by atomic mass is 32.1. The summed E-state index contributed by atoms with van der Waals surface area (Å²) in [6.07, 6.45) is 5.58. The molecule has 2 aromatic rings. The van der Waals surface area contributed by atoms with Crippen LogP contribution in [0.3, 0.4) is 0 Å². The fourth-order valence-corrected chi connectivity index (χ4v) is 4.36. The van der Waals surface area contributed by atoms with Crippen LogP contribution in [0.2, 0.25) is 0 Å². The van der Waals surface area contributed by atoms with Crippen molar-refractivity contribution in [2.75, 3.05) is 5.32 Å². The van der Waals surface area contributed by atoms with Gasteiger partial charge < -0.3 is 9.73 Å². The number of anilines is 1. The van der Waals surface area contributed by atoms with Crippen LogP contribution < -0.4 is 5.32 Å². The molecule has 0 radical (unpaired) electrons. The zero-order chi connectivity index (χ0) is 14.4. The van der Waals surface area contributed by atoms with Gasteiger partial charge in [0.05, 0.1) is 11.8 Å². The van der Waals surface area contributed by atoms with Crippen LogP contribution in [0.15, 0.2) is 22.8 Å². The Morgan fingerprint density at radius 3 is 3.14 bits per heavy atom. The maximum atomic E-state index is 12.3. The summed E-state index contributed by atoms with van der Waals surface area (Å²) in [5.74, 6) is 1.05. The summed E-state index contributed by atoms with van der Waals surface area (Å²) in [6.45, 7) is 0. The second-order valence-corrected chi connectivity index (χ2v) is 6.73. The molecule has 2 aromatic heterocycles. The average Bonchev–Trinajstić information content (AvgIpc) is 2.84. The molecule has 0 aromatic carbocycles. The van der Waals surface area contributed by atoms with Crippen molar-refractivity contribution in [2.24, 2.45) is 5.92 Å². The van der Waals surface area contributed by atoms with E-state index < -0.39 is 0 Å². The molecule has 0 spiro atoms. The van der Waals surface area contributed by atoms with Gasteiger partial charge in [-0.05, 0) is 43.4 Å². The average molecular weight is 298 g/mol. The summed E-state index contributed by atoms with van der Waals surface area (Å²) in [5, 5.41) is 13.0. The molecular weight excluding hydrogens is 284 g/mol. The van der Waals surface area contributed by atoms with Gasteiger partial charge in [0, 0.05) is 16.7 Å². The lowest BCUT2D eigenvalue weighted by Gasteiger charge is -2.03. The number of carbonyl (C=O) groups excluding carboxylic acids is 1. The number of nitriles is 1.